The standard InChI is InChI=1S/C24H28FN5O/c1-5-29(3)23(31)24(2)11-8-20(28-24)21-15-16(9-12-26-21)18-14-17(6-7-19(18)25)22-10-13-27-30(22)4/h6-7,9-10,12-15,20,28H,5,8,11H2,1-4H3/t20-,24-/m1/s1. The highest BCUT2D eigenvalue weighted by atomic mass is 19.1. The number of carbonyl (C=O) groups is 1. The van der Waals surface area contributed by atoms with Gasteiger partial charge in [0.2, 0.25) is 5.91 Å². The number of amides is 1. The van der Waals surface area contributed by atoms with Gasteiger partial charge < -0.3 is 4.90 Å². The molecule has 1 aliphatic rings. The number of nitrogens with one attached hydrogen (secondary N) is 1. The fraction of sp³-hybridized carbons (Fsp3) is 0.375. The SMILES string of the molecule is CCN(C)C(=O)[C@@]1(C)CC[C@H](c2cc(-c3cc(-c4ccnn4C)ccc3F)ccn2)N1. The Bertz CT molecular complexity index is 1110. The maximum Gasteiger partial charge on any atom is 0.242 e. The van der Waals surface area contributed by atoms with Crippen LogP contribution in [0.3, 0.4) is 0 Å². The number of hydrogen-bond donors (Lipinski definition) is 1. The lowest BCUT2D eigenvalue weighted by molar-refractivity contribution is -0.135. The molecule has 0 aliphatic carbocycles. The number of likely N-dealkylation sites (N-methyl/N-ethyl adjacent to an activating group) is 1. The van der Waals surface area contributed by atoms with Gasteiger partial charge in [0.1, 0.15) is 5.82 Å². The van der Waals surface area contributed by atoms with Crippen molar-refractivity contribution in [2.75, 3.05) is 13.6 Å². The van der Waals surface area contributed by atoms with Crippen LogP contribution in [0.1, 0.15) is 38.4 Å². The molecule has 3 aromatic rings. The molecule has 0 spiro atoms. The number of hydrogen-bond acceptors (Lipinski definition) is 4. The normalized spacial score (nSPS) is 20.7. The quantitative estimate of drug-likeness (QED) is 0.678. The molecule has 1 aromatic carbocycles. The van der Waals surface area contributed by atoms with Crippen molar-refractivity contribution in [2.45, 2.75) is 38.3 Å². The van der Waals surface area contributed by atoms with Crippen molar-refractivity contribution in [3.63, 3.8) is 0 Å². The van der Waals surface area contributed by atoms with Gasteiger partial charge in [0.05, 0.1) is 23.0 Å². The lowest BCUT2D eigenvalue weighted by Crippen LogP contribution is -2.52. The molecule has 7 heteroatoms. The van der Waals surface area contributed by atoms with E-state index < -0.39 is 5.54 Å². The van der Waals surface area contributed by atoms with Gasteiger partial charge in [-0.2, -0.15) is 5.10 Å². The molecule has 0 radical (unpaired) electrons. The summed E-state index contributed by atoms with van der Waals surface area (Å²) < 4.78 is 16.5. The third-order valence-electron chi connectivity index (χ3n) is 6.25. The number of halogens is 1. The van der Waals surface area contributed by atoms with Gasteiger partial charge in [-0.3, -0.25) is 19.8 Å². The number of aryl methyl sites for hydroxylation is 1. The molecular weight excluding hydrogens is 393 g/mol. The number of pyridine rings is 1. The van der Waals surface area contributed by atoms with Crippen LogP contribution in [0, 0.1) is 5.82 Å². The summed E-state index contributed by atoms with van der Waals surface area (Å²) in [7, 11) is 3.68. The minimum atomic E-state index is -0.613. The van der Waals surface area contributed by atoms with Crippen LogP contribution in [0.2, 0.25) is 0 Å². The molecule has 162 valence electrons. The third-order valence-corrected chi connectivity index (χ3v) is 6.25. The molecule has 31 heavy (non-hydrogen) atoms. The molecule has 6 nitrogen and oxygen atoms in total. The summed E-state index contributed by atoms with van der Waals surface area (Å²) in [5, 5.41) is 7.68. The summed E-state index contributed by atoms with van der Waals surface area (Å²) in [6, 6.07) is 10.7. The zero-order valence-electron chi connectivity index (χ0n) is 18.4. The highest BCUT2D eigenvalue weighted by Crippen LogP contribution is 2.35. The first-order chi connectivity index (χ1) is 14.8. The van der Waals surface area contributed by atoms with Crippen LogP contribution in [-0.4, -0.2) is 44.7 Å². The van der Waals surface area contributed by atoms with Crippen molar-refractivity contribution >= 4 is 5.91 Å². The van der Waals surface area contributed by atoms with E-state index in [1.165, 1.54) is 6.07 Å². The summed E-state index contributed by atoms with van der Waals surface area (Å²) in [6.45, 7) is 4.58. The maximum atomic E-state index is 14.8. The van der Waals surface area contributed by atoms with Crippen LogP contribution in [0.5, 0.6) is 0 Å². The van der Waals surface area contributed by atoms with E-state index >= 15 is 0 Å². The minimum Gasteiger partial charge on any atom is -0.344 e. The average molecular weight is 422 g/mol. The van der Waals surface area contributed by atoms with Crippen molar-refractivity contribution in [3.8, 4) is 22.4 Å². The molecule has 1 saturated heterocycles. The van der Waals surface area contributed by atoms with Gasteiger partial charge in [-0.25, -0.2) is 4.39 Å². The molecule has 1 N–H and O–H groups in total. The summed E-state index contributed by atoms with van der Waals surface area (Å²) in [4.78, 5) is 19.0. The second kappa shape index (κ2) is 8.23. The molecule has 0 bridgehead atoms. The predicted octanol–water partition coefficient (Wildman–Crippen LogP) is 3.95. The van der Waals surface area contributed by atoms with Crippen molar-refractivity contribution in [1.82, 2.24) is 25.0 Å². The first-order valence-corrected chi connectivity index (χ1v) is 10.6. The molecule has 2 aromatic heterocycles. The van der Waals surface area contributed by atoms with Gasteiger partial charge >= 0.3 is 0 Å². The van der Waals surface area contributed by atoms with Crippen LogP contribution in [-0.2, 0) is 11.8 Å². The zero-order valence-corrected chi connectivity index (χ0v) is 18.4. The maximum absolute atomic E-state index is 14.8. The molecular formula is C24H28FN5O. The number of aromatic nitrogens is 3. The molecule has 0 unspecified atom stereocenters. The molecule has 3 heterocycles. The van der Waals surface area contributed by atoms with Crippen molar-refractivity contribution in [3.05, 3.63) is 60.3 Å². The Morgan fingerprint density at radius 1 is 1.26 bits per heavy atom. The molecule has 1 amide bonds. The second-order valence-corrected chi connectivity index (χ2v) is 8.39. The van der Waals surface area contributed by atoms with Crippen molar-refractivity contribution < 1.29 is 9.18 Å². The van der Waals surface area contributed by atoms with Crippen LogP contribution in [0.15, 0.2) is 48.8 Å². The number of rotatable bonds is 5. The van der Waals surface area contributed by atoms with Gasteiger partial charge in [-0.15, -0.1) is 0 Å². The Kier molecular flexibility index (Phi) is 5.62. The molecule has 4 rings (SSSR count). The number of benzene rings is 1. The van der Waals surface area contributed by atoms with E-state index in [1.807, 2.05) is 52.2 Å². The Labute approximate surface area is 182 Å². The topological polar surface area (TPSA) is 63.1 Å². The highest BCUT2D eigenvalue weighted by molar-refractivity contribution is 5.86. The van der Waals surface area contributed by atoms with E-state index in [2.05, 4.69) is 15.4 Å². The summed E-state index contributed by atoms with van der Waals surface area (Å²) in [5.74, 6) is -0.199. The van der Waals surface area contributed by atoms with Gasteiger partial charge in [0.15, 0.2) is 0 Å². The Balaban J connectivity index is 1.63. The monoisotopic (exact) mass is 421 g/mol. The Morgan fingerprint density at radius 2 is 2.06 bits per heavy atom. The first kappa shape index (κ1) is 21.2. The van der Waals surface area contributed by atoms with Crippen LogP contribution >= 0.6 is 0 Å². The van der Waals surface area contributed by atoms with Crippen molar-refractivity contribution in [1.29, 1.82) is 0 Å². The van der Waals surface area contributed by atoms with E-state index in [0.29, 0.717) is 12.1 Å². The predicted molar refractivity (Wildman–Crippen MR) is 119 cm³/mol. The fourth-order valence-electron chi connectivity index (χ4n) is 4.29. The number of carbonyl (C=O) groups excluding carboxylic acids is 1. The van der Waals surface area contributed by atoms with Gasteiger partial charge in [0, 0.05) is 44.2 Å². The molecule has 0 saturated carbocycles. The Morgan fingerprint density at radius 3 is 2.77 bits per heavy atom. The fourth-order valence-corrected chi connectivity index (χ4v) is 4.29. The zero-order chi connectivity index (χ0) is 22.2. The second-order valence-electron chi connectivity index (χ2n) is 8.39. The lowest BCUT2D eigenvalue weighted by Gasteiger charge is -2.29. The smallest absolute Gasteiger partial charge is 0.242 e. The van der Waals surface area contributed by atoms with Gasteiger partial charge in [0.25, 0.3) is 0 Å². The molecule has 1 fully saturated rings. The van der Waals surface area contributed by atoms with E-state index in [-0.39, 0.29) is 17.8 Å². The van der Waals surface area contributed by atoms with E-state index in [0.717, 1.165) is 35.4 Å². The van der Waals surface area contributed by atoms with Crippen LogP contribution in [0.25, 0.3) is 22.4 Å². The van der Waals surface area contributed by atoms with Gasteiger partial charge in [-0.1, -0.05) is 0 Å². The number of nitrogens with zero attached hydrogens (tertiary/aromatic N) is 4. The van der Waals surface area contributed by atoms with Crippen LogP contribution in [0.4, 0.5) is 4.39 Å². The Hall–Kier alpha value is -3.06. The average Bonchev–Trinajstić information content (AvgIpc) is 3.39. The third kappa shape index (κ3) is 3.97. The van der Waals surface area contributed by atoms with Crippen molar-refractivity contribution in [2.24, 2.45) is 7.05 Å². The summed E-state index contributed by atoms with van der Waals surface area (Å²) in [5.41, 5.74) is 3.30. The largest absolute Gasteiger partial charge is 0.344 e. The molecule has 1 aliphatic heterocycles. The minimum absolute atomic E-state index is 0.0533. The van der Waals surface area contributed by atoms with Gasteiger partial charge in [-0.05, 0) is 68.7 Å². The first-order valence-electron chi connectivity index (χ1n) is 10.6. The van der Waals surface area contributed by atoms with Crippen LogP contribution < -0.4 is 5.32 Å². The van der Waals surface area contributed by atoms with E-state index in [9.17, 15) is 9.18 Å². The van der Waals surface area contributed by atoms with E-state index in [1.54, 1.807) is 28.0 Å². The molecule has 2 atom stereocenters. The summed E-state index contributed by atoms with van der Waals surface area (Å²) in [6.07, 6.45) is 4.96. The lowest BCUT2D eigenvalue weighted by atomic mass is 9.98. The highest BCUT2D eigenvalue weighted by Gasteiger charge is 2.42. The summed E-state index contributed by atoms with van der Waals surface area (Å²) >= 11 is 0. The van der Waals surface area contributed by atoms with E-state index in [4.69, 9.17) is 0 Å².